The molecule has 1 saturated carbocycles. The monoisotopic (exact) mass is 481 g/mol. The molecule has 1 amide bonds. The minimum atomic E-state index is 0. The maximum absolute atomic E-state index is 11.9. The van der Waals surface area contributed by atoms with Gasteiger partial charge in [0, 0.05) is 52.4 Å². The van der Waals surface area contributed by atoms with Crippen molar-refractivity contribution in [2.45, 2.75) is 39.2 Å². The molecule has 0 aromatic rings. The normalized spacial score (nSPS) is 23.3. The number of rotatable bonds is 9. The first-order valence-corrected chi connectivity index (χ1v) is 9.71. The number of halogens is 1. The number of hydrogen-bond acceptors (Lipinski definition) is 4. The molecule has 1 heterocycles. The van der Waals surface area contributed by atoms with Crippen LogP contribution in [0.3, 0.4) is 0 Å². The van der Waals surface area contributed by atoms with Gasteiger partial charge in [0.1, 0.15) is 0 Å². The van der Waals surface area contributed by atoms with Crippen LogP contribution in [-0.2, 0) is 9.53 Å². The maximum atomic E-state index is 11.9. The van der Waals surface area contributed by atoms with Crippen LogP contribution >= 0.6 is 24.0 Å². The highest BCUT2D eigenvalue weighted by molar-refractivity contribution is 14.0. The van der Waals surface area contributed by atoms with E-state index in [0.717, 1.165) is 44.6 Å². The average molecular weight is 481 g/mol. The van der Waals surface area contributed by atoms with E-state index >= 15 is 0 Å². The Morgan fingerprint density at radius 2 is 1.96 bits per heavy atom. The van der Waals surface area contributed by atoms with Crippen molar-refractivity contribution in [2.24, 2.45) is 10.9 Å². The standard InChI is InChI=1S/C18H35N5O2.HI/c1-4-6-15-13-16(15)21-18(19-5-2)23-10-8-22(9-11-23)14-17(24)20-7-12-25-3;/h15-16H,4-14H2,1-3H3,(H,19,21)(H,20,24);1H. The SMILES string of the molecule is CCCC1CC1NC(=NCC)N1CCN(CC(=O)NCCOC)CC1.I. The Hall–Kier alpha value is -0.610. The molecule has 1 aliphatic heterocycles. The Morgan fingerprint density at radius 3 is 2.58 bits per heavy atom. The third-order valence-electron chi connectivity index (χ3n) is 4.87. The Labute approximate surface area is 175 Å². The molecular formula is C18H36IN5O2. The number of nitrogens with zero attached hydrogens (tertiary/aromatic N) is 3. The molecule has 2 atom stereocenters. The number of carbonyl (C=O) groups excluding carboxylic acids is 1. The molecule has 0 bridgehead atoms. The van der Waals surface area contributed by atoms with Gasteiger partial charge in [0.25, 0.3) is 0 Å². The minimum absolute atomic E-state index is 0. The third kappa shape index (κ3) is 7.96. The highest BCUT2D eigenvalue weighted by Gasteiger charge is 2.37. The number of hydrogen-bond donors (Lipinski definition) is 2. The third-order valence-corrected chi connectivity index (χ3v) is 4.87. The van der Waals surface area contributed by atoms with Gasteiger partial charge in [0.2, 0.25) is 5.91 Å². The average Bonchev–Trinajstić information content (AvgIpc) is 3.33. The van der Waals surface area contributed by atoms with E-state index in [4.69, 9.17) is 4.74 Å². The van der Waals surface area contributed by atoms with Crippen molar-refractivity contribution in [3.05, 3.63) is 0 Å². The predicted molar refractivity (Wildman–Crippen MR) is 116 cm³/mol. The van der Waals surface area contributed by atoms with Gasteiger partial charge in [0.15, 0.2) is 5.96 Å². The smallest absolute Gasteiger partial charge is 0.234 e. The van der Waals surface area contributed by atoms with Crippen LogP contribution in [0.4, 0.5) is 0 Å². The van der Waals surface area contributed by atoms with E-state index in [2.05, 4.69) is 39.3 Å². The second kappa shape index (κ2) is 12.7. The predicted octanol–water partition coefficient (Wildman–Crippen LogP) is 1.14. The molecule has 1 saturated heterocycles. The van der Waals surface area contributed by atoms with E-state index in [1.807, 2.05) is 0 Å². The summed E-state index contributed by atoms with van der Waals surface area (Å²) in [6.07, 6.45) is 3.84. The first-order valence-electron chi connectivity index (χ1n) is 9.71. The van der Waals surface area contributed by atoms with Crippen molar-refractivity contribution < 1.29 is 9.53 Å². The lowest BCUT2D eigenvalue weighted by atomic mass is 10.2. The minimum Gasteiger partial charge on any atom is -0.383 e. The molecule has 152 valence electrons. The summed E-state index contributed by atoms with van der Waals surface area (Å²) in [5, 5.41) is 6.53. The molecule has 0 aromatic carbocycles. The first-order chi connectivity index (χ1) is 12.2. The first kappa shape index (κ1) is 23.4. The number of carbonyl (C=O) groups is 1. The molecule has 2 fully saturated rings. The second-order valence-corrected chi connectivity index (χ2v) is 6.94. The lowest BCUT2D eigenvalue weighted by molar-refractivity contribution is -0.122. The van der Waals surface area contributed by atoms with Crippen molar-refractivity contribution in [3.8, 4) is 0 Å². The van der Waals surface area contributed by atoms with Gasteiger partial charge >= 0.3 is 0 Å². The molecule has 2 aliphatic rings. The van der Waals surface area contributed by atoms with Crippen LogP contribution in [-0.4, -0.2) is 87.2 Å². The number of nitrogens with one attached hydrogen (secondary N) is 2. The molecule has 1 aliphatic carbocycles. The summed E-state index contributed by atoms with van der Waals surface area (Å²) in [6.45, 7) is 10.4. The highest BCUT2D eigenvalue weighted by Crippen LogP contribution is 2.34. The van der Waals surface area contributed by atoms with Crippen LogP contribution < -0.4 is 10.6 Å². The molecule has 7 nitrogen and oxygen atoms in total. The topological polar surface area (TPSA) is 69.2 Å². The van der Waals surface area contributed by atoms with Crippen LogP contribution in [0.2, 0.25) is 0 Å². The second-order valence-electron chi connectivity index (χ2n) is 6.94. The summed E-state index contributed by atoms with van der Waals surface area (Å²) in [6, 6.07) is 0.606. The molecule has 8 heteroatoms. The van der Waals surface area contributed by atoms with Crippen molar-refractivity contribution >= 4 is 35.8 Å². The van der Waals surface area contributed by atoms with Crippen LogP contribution in [0.15, 0.2) is 4.99 Å². The Kier molecular flexibility index (Phi) is 11.5. The van der Waals surface area contributed by atoms with Gasteiger partial charge in [-0.05, 0) is 25.7 Å². The Bertz CT molecular complexity index is 441. The molecule has 2 rings (SSSR count). The lowest BCUT2D eigenvalue weighted by Crippen LogP contribution is -2.54. The quantitative estimate of drug-likeness (QED) is 0.224. The van der Waals surface area contributed by atoms with Crippen molar-refractivity contribution in [1.29, 1.82) is 0 Å². The van der Waals surface area contributed by atoms with E-state index in [1.165, 1.54) is 19.3 Å². The van der Waals surface area contributed by atoms with E-state index < -0.39 is 0 Å². The van der Waals surface area contributed by atoms with Crippen LogP contribution in [0.1, 0.15) is 33.1 Å². The fraction of sp³-hybridized carbons (Fsp3) is 0.889. The van der Waals surface area contributed by atoms with E-state index in [-0.39, 0.29) is 29.9 Å². The van der Waals surface area contributed by atoms with Crippen LogP contribution in [0.25, 0.3) is 0 Å². The van der Waals surface area contributed by atoms with Gasteiger partial charge in [-0.25, -0.2) is 0 Å². The molecule has 0 radical (unpaired) electrons. The van der Waals surface area contributed by atoms with Gasteiger partial charge in [-0.3, -0.25) is 14.7 Å². The summed E-state index contributed by atoms with van der Waals surface area (Å²) < 4.78 is 4.95. The number of methoxy groups -OCH3 is 1. The number of aliphatic imine (C=N–C) groups is 1. The summed E-state index contributed by atoms with van der Waals surface area (Å²) in [5.41, 5.74) is 0. The molecular weight excluding hydrogens is 445 g/mol. The van der Waals surface area contributed by atoms with E-state index in [9.17, 15) is 4.79 Å². The number of ether oxygens (including phenoxy) is 1. The number of amides is 1. The maximum Gasteiger partial charge on any atom is 0.234 e. The molecule has 2 unspecified atom stereocenters. The van der Waals surface area contributed by atoms with E-state index in [0.29, 0.717) is 25.7 Å². The number of guanidine groups is 1. The van der Waals surface area contributed by atoms with Crippen molar-refractivity contribution in [2.75, 3.05) is 59.5 Å². The molecule has 26 heavy (non-hydrogen) atoms. The zero-order valence-corrected chi connectivity index (χ0v) is 18.8. The van der Waals surface area contributed by atoms with Crippen LogP contribution in [0.5, 0.6) is 0 Å². The summed E-state index contributed by atoms with van der Waals surface area (Å²) >= 11 is 0. The summed E-state index contributed by atoms with van der Waals surface area (Å²) in [4.78, 5) is 21.1. The van der Waals surface area contributed by atoms with Crippen LogP contribution in [0, 0.1) is 5.92 Å². The summed E-state index contributed by atoms with van der Waals surface area (Å²) in [7, 11) is 1.64. The summed E-state index contributed by atoms with van der Waals surface area (Å²) in [5.74, 6) is 1.95. The van der Waals surface area contributed by atoms with Crippen molar-refractivity contribution in [3.63, 3.8) is 0 Å². The molecule has 0 aromatic heterocycles. The highest BCUT2D eigenvalue weighted by atomic mass is 127. The number of piperazine rings is 1. The van der Waals surface area contributed by atoms with Gasteiger partial charge in [-0.2, -0.15) is 0 Å². The zero-order valence-electron chi connectivity index (χ0n) is 16.5. The van der Waals surface area contributed by atoms with Gasteiger partial charge in [-0.15, -0.1) is 24.0 Å². The largest absolute Gasteiger partial charge is 0.383 e. The van der Waals surface area contributed by atoms with Gasteiger partial charge in [0.05, 0.1) is 13.2 Å². The van der Waals surface area contributed by atoms with Gasteiger partial charge < -0.3 is 20.3 Å². The van der Waals surface area contributed by atoms with Crippen molar-refractivity contribution in [1.82, 2.24) is 20.4 Å². The lowest BCUT2D eigenvalue weighted by Gasteiger charge is -2.36. The molecule has 0 spiro atoms. The fourth-order valence-corrected chi connectivity index (χ4v) is 3.34. The Morgan fingerprint density at radius 1 is 1.23 bits per heavy atom. The fourth-order valence-electron chi connectivity index (χ4n) is 3.34. The molecule has 2 N–H and O–H groups in total. The Balaban J connectivity index is 0.00000338. The van der Waals surface area contributed by atoms with Gasteiger partial charge in [-0.1, -0.05) is 13.3 Å². The zero-order chi connectivity index (χ0) is 18.1. The van der Waals surface area contributed by atoms with E-state index in [1.54, 1.807) is 7.11 Å².